The summed E-state index contributed by atoms with van der Waals surface area (Å²) in [5.74, 6) is -0.905. The number of carbonyl (C=O) groups is 1. The summed E-state index contributed by atoms with van der Waals surface area (Å²) in [5, 5.41) is 0.957. The van der Waals surface area contributed by atoms with Crippen LogP contribution >= 0.6 is 11.6 Å². The van der Waals surface area contributed by atoms with E-state index < -0.39 is 34.7 Å². The Balaban J connectivity index is 1.62. The van der Waals surface area contributed by atoms with Crippen LogP contribution in [0, 0.1) is 5.95 Å². The van der Waals surface area contributed by atoms with E-state index in [2.05, 4.69) is 15.9 Å². The Bertz CT molecular complexity index is 1040. The molecule has 0 bridgehead atoms. The van der Waals surface area contributed by atoms with Gasteiger partial charge in [0.05, 0.1) is 33.6 Å². The van der Waals surface area contributed by atoms with Gasteiger partial charge in [0.1, 0.15) is 0 Å². The van der Waals surface area contributed by atoms with Gasteiger partial charge in [0, 0.05) is 13.0 Å². The molecule has 1 atom stereocenters. The molecule has 0 aliphatic carbocycles. The molecule has 0 saturated heterocycles. The maximum absolute atomic E-state index is 13.5. The molecule has 11 heteroatoms. The summed E-state index contributed by atoms with van der Waals surface area (Å²) in [5.41, 5.74) is 5.97. The van der Waals surface area contributed by atoms with Crippen molar-refractivity contribution in [3.63, 3.8) is 0 Å². The normalized spacial score (nSPS) is 19.1. The largest absolute Gasteiger partial charge is 0.417 e. The summed E-state index contributed by atoms with van der Waals surface area (Å²) >= 11 is 5.93. The third kappa shape index (κ3) is 3.46. The lowest BCUT2D eigenvalue weighted by Crippen LogP contribution is -2.46. The molecule has 2 N–H and O–H groups in total. The average Bonchev–Trinajstić information content (AvgIpc) is 3.12. The highest BCUT2D eigenvalue weighted by molar-refractivity contribution is 6.34. The maximum atomic E-state index is 13.5. The summed E-state index contributed by atoms with van der Waals surface area (Å²) in [4.78, 5) is 18.3. The van der Waals surface area contributed by atoms with Crippen LogP contribution in [0.25, 0.3) is 0 Å². The molecule has 6 nitrogen and oxygen atoms in total. The minimum absolute atomic E-state index is 0.211. The van der Waals surface area contributed by atoms with Gasteiger partial charge in [-0.3, -0.25) is 4.79 Å². The van der Waals surface area contributed by atoms with Gasteiger partial charge in [0.2, 0.25) is 5.95 Å². The van der Waals surface area contributed by atoms with Crippen molar-refractivity contribution in [2.45, 2.75) is 25.6 Å². The molecule has 0 fully saturated rings. The second-order valence-electron chi connectivity index (χ2n) is 6.84. The molecule has 1 amide bonds. The standard InChI is InChI=1S/C19H16ClF4N5O/c1-10-17-13(29(27-26-17)15-7-3-6-14(21)25-15)8-9-28(10)18(30)11-4-2-5-12(16(11)20)19(22,23)24/h2-7,10,26-27H,8-9H2,1H3/t10-/m0/s1. The number of hydrazine groups is 2. The molecule has 1 aromatic heterocycles. The number of rotatable bonds is 2. The number of amides is 1. The first kappa shape index (κ1) is 20.4. The number of nitrogens with one attached hydrogen (secondary N) is 2. The van der Waals surface area contributed by atoms with Crippen LogP contribution in [0.2, 0.25) is 5.02 Å². The summed E-state index contributed by atoms with van der Waals surface area (Å²) in [6, 6.07) is 7.16. The molecule has 0 unspecified atom stereocenters. The van der Waals surface area contributed by atoms with Gasteiger partial charge in [0.15, 0.2) is 5.82 Å². The Morgan fingerprint density at radius 3 is 2.67 bits per heavy atom. The van der Waals surface area contributed by atoms with Crippen molar-refractivity contribution in [3.05, 3.63) is 69.9 Å². The van der Waals surface area contributed by atoms with Crippen LogP contribution in [-0.4, -0.2) is 28.4 Å². The molecular formula is C19H16ClF4N5O. The zero-order valence-corrected chi connectivity index (χ0v) is 16.4. The van der Waals surface area contributed by atoms with E-state index in [-0.39, 0.29) is 12.1 Å². The molecule has 4 rings (SSSR count). The van der Waals surface area contributed by atoms with Crippen LogP contribution < -0.4 is 16.0 Å². The lowest BCUT2D eigenvalue weighted by Gasteiger charge is -2.35. The Morgan fingerprint density at radius 1 is 1.23 bits per heavy atom. The number of hydrogen-bond donors (Lipinski definition) is 2. The van der Waals surface area contributed by atoms with Crippen LogP contribution in [0.1, 0.15) is 29.3 Å². The number of hydrogen-bond acceptors (Lipinski definition) is 5. The predicted molar refractivity (Wildman–Crippen MR) is 102 cm³/mol. The van der Waals surface area contributed by atoms with Gasteiger partial charge in [-0.1, -0.05) is 23.7 Å². The number of nitrogens with zero attached hydrogens (tertiary/aromatic N) is 3. The van der Waals surface area contributed by atoms with E-state index in [9.17, 15) is 22.4 Å². The van der Waals surface area contributed by atoms with E-state index in [1.807, 2.05) is 0 Å². The van der Waals surface area contributed by atoms with Crippen molar-refractivity contribution in [1.82, 2.24) is 20.8 Å². The SMILES string of the molecule is C[C@H]1C2=C(CCN1C(=O)c1cccc(C(F)(F)F)c1Cl)N(c1cccc(F)n1)NN2. The lowest BCUT2D eigenvalue weighted by atomic mass is 10.0. The van der Waals surface area contributed by atoms with E-state index in [0.717, 1.165) is 17.8 Å². The quantitative estimate of drug-likeness (QED) is 0.547. The molecule has 158 valence electrons. The number of aromatic nitrogens is 1. The number of alkyl halides is 3. The molecule has 2 aliphatic rings. The lowest BCUT2D eigenvalue weighted by molar-refractivity contribution is -0.137. The van der Waals surface area contributed by atoms with Crippen LogP contribution in [0.15, 0.2) is 47.8 Å². The van der Waals surface area contributed by atoms with Crippen molar-refractivity contribution in [2.75, 3.05) is 11.6 Å². The topological polar surface area (TPSA) is 60.5 Å². The Labute approximate surface area is 174 Å². The third-order valence-electron chi connectivity index (χ3n) is 5.08. The Morgan fingerprint density at radius 2 is 1.97 bits per heavy atom. The van der Waals surface area contributed by atoms with Crippen LogP contribution in [0.4, 0.5) is 23.4 Å². The van der Waals surface area contributed by atoms with Crippen LogP contribution in [0.5, 0.6) is 0 Å². The highest BCUT2D eigenvalue weighted by Gasteiger charge is 2.39. The van der Waals surface area contributed by atoms with Crippen molar-refractivity contribution >= 4 is 23.3 Å². The summed E-state index contributed by atoms with van der Waals surface area (Å²) in [7, 11) is 0. The van der Waals surface area contributed by atoms with E-state index in [0.29, 0.717) is 17.9 Å². The van der Waals surface area contributed by atoms with Crippen molar-refractivity contribution in [1.29, 1.82) is 0 Å². The molecule has 0 spiro atoms. The van der Waals surface area contributed by atoms with E-state index in [4.69, 9.17) is 11.6 Å². The number of benzene rings is 1. The molecule has 2 aromatic rings. The predicted octanol–water partition coefficient (Wildman–Crippen LogP) is 3.87. The van der Waals surface area contributed by atoms with Crippen molar-refractivity contribution in [3.8, 4) is 0 Å². The fourth-order valence-electron chi connectivity index (χ4n) is 3.61. The first-order valence-electron chi connectivity index (χ1n) is 9.02. The van der Waals surface area contributed by atoms with E-state index in [1.165, 1.54) is 23.1 Å². The van der Waals surface area contributed by atoms with Gasteiger partial charge in [-0.25, -0.2) is 9.99 Å². The van der Waals surface area contributed by atoms with Crippen LogP contribution in [0.3, 0.4) is 0 Å². The van der Waals surface area contributed by atoms with Gasteiger partial charge >= 0.3 is 6.18 Å². The molecule has 0 radical (unpaired) electrons. The Kier molecular flexibility index (Phi) is 5.07. The second-order valence-corrected chi connectivity index (χ2v) is 7.22. The number of halogens is 5. The maximum Gasteiger partial charge on any atom is 0.417 e. The van der Waals surface area contributed by atoms with Crippen LogP contribution in [-0.2, 0) is 6.18 Å². The van der Waals surface area contributed by atoms with E-state index in [1.54, 1.807) is 18.0 Å². The molecule has 2 aliphatic heterocycles. The summed E-state index contributed by atoms with van der Waals surface area (Å²) < 4.78 is 52.9. The van der Waals surface area contributed by atoms with Crippen molar-refractivity contribution < 1.29 is 22.4 Å². The molecule has 3 heterocycles. The fraction of sp³-hybridized carbons (Fsp3) is 0.263. The minimum atomic E-state index is -4.66. The zero-order chi connectivity index (χ0) is 21.6. The van der Waals surface area contributed by atoms with E-state index >= 15 is 0 Å². The molecule has 1 aromatic carbocycles. The highest BCUT2D eigenvalue weighted by Crippen LogP contribution is 2.37. The second kappa shape index (κ2) is 7.44. The summed E-state index contributed by atoms with van der Waals surface area (Å²) in [6.07, 6.45) is -4.29. The number of carbonyl (C=O) groups excluding carboxylic acids is 1. The number of pyridine rings is 1. The Hall–Kier alpha value is -2.85. The summed E-state index contributed by atoms with van der Waals surface area (Å²) in [6.45, 7) is 1.98. The molecule has 30 heavy (non-hydrogen) atoms. The monoisotopic (exact) mass is 441 g/mol. The van der Waals surface area contributed by atoms with Gasteiger partial charge in [-0.15, -0.1) is 5.53 Å². The molecular weight excluding hydrogens is 426 g/mol. The fourth-order valence-corrected chi connectivity index (χ4v) is 3.92. The van der Waals surface area contributed by atoms with Gasteiger partial charge in [-0.05, 0) is 31.2 Å². The highest BCUT2D eigenvalue weighted by atomic mass is 35.5. The third-order valence-corrected chi connectivity index (χ3v) is 5.49. The molecule has 0 saturated carbocycles. The first-order chi connectivity index (χ1) is 14.2. The zero-order valence-electron chi connectivity index (χ0n) is 15.6. The van der Waals surface area contributed by atoms with Gasteiger partial charge in [-0.2, -0.15) is 17.6 Å². The first-order valence-corrected chi connectivity index (χ1v) is 9.40. The minimum Gasteiger partial charge on any atom is -0.330 e. The van der Waals surface area contributed by atoms with Gasteiger partial charge in [0.25, 0.3) is 5.91 Å². The smallest absolute Gasteiger partial charge is 0.330 e. The van der Waals surface area contributed by atoms with Gasteiger partial charge < -0.3 is 10.3 Å². The van der Waals surface area contributed by atoms with Crippen molar-refractivity contribution in [2.24, 2.45) is 0 Å². The average molecular weight is 442 g/mol. The number of anilines is 1.